The zero-order valence-electron chi connectivity index (χ0n) is 11.6. The molecule has 2 rings (SSSR count). The Morgan fingerprint density at radius 3 is 2.38 bits per heavy atom. The molecule has 0 fully saturated rings. The summed E-state index contributed by atoms with van der Waals surface area (Å²) in [6.07, 6.45) is 0.736. The molecule has 0 atom stereocenters. The lowest BCUT2D eigenvalue weighted by atomic mass is 10.2. The van der Waals surface area contributed by atoms with E-state index in [9.17, 15) is 0 Å². The minimum Gasteiger partial charge on any atom is -0.493 e. The maximum atomic E-state index is 8.74. The molecule has 110 valence electrons. The molecule has 0 radical (unpaired) electrons. The molecule has 0 saturated carbocycles. The Morgan fingerprint density at radius 1 is 0.952 bits per heavy atom. The van der Waals surface area contributed by atoms with E-state index in [0.29, 0.717) is 24.5 Å². The Kier molecular flexibility index (Phi) is 5.46. The first-order chi connectivity index (χ1) is 10.3. The van der Waals surface area contributed by atoms with E-state index >= 15 is 0 Å². The number of nitrogens with zero attached hydrogens (tertiary/aromatic N) is 1. The van der Waals surface area contributed by atoms with Crippen LogP contribution in [0.2, 0.25) is 0 Å². The van der Waals surface area contributed by atoms with Crippen molar-refractivity contribution in [3.63, 3.8) is 0 Å². The van der Waals surface area contributed by atoms with E-state index in [1.54, 1.807) is 18.2 Å². The van der Waals surface area contributed by atoms with Gasteiger partial charge in [0.15, 0.2) is 5.84 Å². The molecule has 0 bridgehead atoms. The van der Waals surface area contributed by atoms with Crippen LogP contribution in [0.3, 0.4) is 0 Å². The fraction of sp³-hybridized carbons (Fsp3) is 0.188. The van der Waals surface area contributed by atoms with Crippen molar-refractivity contribution in [3.8, 4) is 11.5 Å². The molecular formula is C16H18N2O3. The SMILES string of the molecule is NC(=NO)c1ccccc1OCCCOc1ccccc1. The lowest BCUT2D eigenvalue weighted by Gasteiger charge is -2.11. The van der Waals surface area contributed by atoms with Gasteiger partial charge in [0.2, 0.25) is 0 Å². The maximum Gasteiger partial charge on any atom is 0.173 e. The second kappa shape index (κ2) is 7.79. The highest BCUT2D eigenvalue weighted by Crippen LogP contribution is 2.17. The lowest BCUT2D eigenvalue weighted by Crippen LogP contribution is -2.15. The maximum absolute atomic E-state index is 8.74. The van der Waals surface area contributed by atoms with Gasteiger partial charge in [-0.2, -0.15) is 0 Å². The summed E-state index contributed by atoms with van der Waals surface area (Å²) >= 11 is 0. The number of para-hydroxylation sites is 2. The van der Waals surface area contributed by atoms with Gasteiger partial charge >= 0.3 is 0 Å². The van der Waals surface area contributed by atoms with Crippen LogP contribution in [-0.2, 0) is 0 Å². The first-order valence-electron chi connectivity index (χ1n) is 6.69. The molecule has 2 aromatic carbocycles. The van der Waals surface area contributed by atoms with E-state index < -0.39 is 0 Å². The molecule has 0 aliphatic rings. The summed E-state index contributed by atoms with van der Waals surface area (Å²) in [5.41, 5.74) is 6.17. The van der Waals surface area contributed by atoms with Crippen LogP contribution in [0.5, 0.6) is 11.5 Å². The van der Waals surface area contributed by atoms with Crippen molar-refractivity contribution in [3.05, 3.63) is 60.2 Å². The second-order valence-electron chi connectivity index (χ2n) is 4.34. The fourth-order valence-electron chi connectivity index (χ4n) is 1.81. The van der Waals surface area contributed by atoms with Crippen LogP contribution in [0.4, 0.5) is 0 Å². The molecule has 21 heavy (non-hydrogen) atoms. The Labute approximate surface area is 123 Å². The summed E-state index contributed by atoms with van der Waals surface area (Å²) in [6.45, 7) is 1.05. The number of nitrogens with two attached hydrogens (primary N) is 1. The fourth-order valence-corrected chi connectivity index (χ4v) is 1.81. The number of rotatable bonds is 7. The van der Waals surface area contributed by atoms with Crippen LogP contribution >= 0.6 is 0 Å². The molecular weight excluding hydrogens is 268 g/mol. The molecule has 0 heterocycles. The molecule has 0 aliphatic carbocycles. The van der Waals surface area contributed by atoms with Gasteiger partial charge < -0.3 is 20.4 Å². The van der Waals surface area contributed by atoms with Gasteiger partial charge in [0.1, 0.15) is 11.5 Å². The van der Waals surface area contributed by atoms with Crippen molar-refractivity contribution in [2.75, 3.05) is 13.2 Å². The normalized spacial score (nSPS) is 11.1. The van der Waals surface area contributed by atoms with Crippen LogP contribution in [0.25, 0.3) is 0 Å². The van der Waals surface area contributed by atoms with Crippen molar-refractivity contribution in [2.45, 2.75) is 6.42 Å². The Bertz CT molecular complexity index is 585. The minimum atomic E-state index is 0.0335. The topological polar surface area (TPSA) is 77.1 Å². The average Bonchev–Trinajstić information content (AvgIpc) is 2.55. The predicted molar refractivity (Wildman–Crippen MR) is 81.0 cm³/mol. The van der Waals surface area contributed by atoms with Gasteiger partial charge in [-0.05, 0) is 24.3 Å². The summed E-state index contributed by atoms with van der Waals surface area (Å²) in [6, 6.07) is 16.8. The number of benzene rings is 2. The van der Waals surface area contributed by atoms with E-state index in [-0.39, 0.29) is 5.84 Å². The Hall–Kier alpha value is -2.69. The van der Waals surface area contributed by atoms with Crippen LogP contribution in [0, 0.1) is 0 Å². The smallest absolute Gasteiger partial charge is 0.173 e. The van der Waals surface area contributed by atoms with E-state index in [4.69, 9.17) is 20.4 Å². The summed E-state index contributed by atoms with van der Waals surface area (Å²) in [4.78, 5) is 0. The van der Waals surface area contributed by atoms with Gasteiger partial charge in [0.05, 0.1) is 18.8 Å². The third-order valence-corrected chi connectivity index (χ3v) is 2.83. The number of ether oxygens (including phenoxy) is 2. The van der Waals surface area contributed by atoms with Gasteiger partial charge in [0.25, 0.3) is 0 Å². The van der Waals surface area contributed by atoms with Gasteiger partial charge in [-0.25, -0.2) is 0 Å². The third kappa shape index (κ3) is 4.42. The van der Waals surface area contributed by atoms with Gasteiger partial charge in [0, 0.05) is 6.42 Å². The van der Waals surface area contributed by atoms with Crippen LogP contribution in [-0.4, -0.2) is 24.3 Å². The van der Waals surface area contributed by atoms with E-state index in [2.05, 4.69) is 5.16 Å². The number of hydrogen-bond donors (Lipinski definition) is 2. The van der Waals surface area contributed by atoms with E-state index in [1.165, 1.54) is 0 Å². The van der Waals surface area contributed by atoms with E-state index in [1.807, 2.05) is 36.4 Å². The summed E-state index contributed by atoms with van der Waals surface area (Å²) in [5.74, 6) is 1.47. The molecule has 5 heteroatoms. The quantitative estimate of drug-likeness (QED) is 0.270. The summed E-state index contributed by atoms with van der Waals surface area (Å²) in [7, 11) is 0. The Balaban J connectivity index is 1.79. The van der Waals surface area contributed by atoms with Gasteiger partial charge in [-0.15, -0.1) is 0 Å². The summed E-state index contributed by atoms with van der Waals surface area (Å²) in [5, 5.41) is 11.7. The molecule has 0 spiro atoms. The average molecular weight is 286 g/mol. The van der Waals surface area contributed by atoms with Crippen molar-refractivity contribution in [1.82, 2.24) is 0 Å². The largest absolute Gasteiger partial charge is 0.493 e. The van der Waals surface area contributed by atoms with Crippen molar-refractivity contribution >= 4 is 5.84 Å². The monoisotopic (exact) mass is 286 g/mol. The molecule has 3 N–H and O–H groups in total. The van der Waals surface area contributed by atoms with Gasteiger partial charge in [-0.3, -0.25) is 0 Å². The molecule has 0 aromatic heterocycles. The molecule has 0 saturated heterocycles. The van der Waals surface area contributed by atoms with Crippen molar-refractivity contribution in [2.24, 2.45) is 10.9 Å². The highest BCUT2D eigenvalue weighted by molar-refractivity contribution is 5.99. The second-order valence-corrected chi connectivity index (χ2v) is 4.34. The number of amidine groups is 1. The predicted octanol–water partition coefficient (Wildman–Crippen LogP) is 2.63. The highest BCUT2D eigenvalue weighted by Gasteiger charge is 2.07. The third-order valence-electron chi connectivity index (χ3n) is 2.83. The number of oxime groups is 1. The van der Waals surface area contributed by atoms with Crippen molar-refractivity contribution < 1.29 is 14.7 Å². The first-order valence-corrected chi connectivity index (χ1v) is 6.69. The van der Waals surface area contributed by atoms with E-state index in [0.717, 1.165) is 12.2 Å². The highest BCUT2D eigenvalue weighted by atomic mass is 16.5. The van der Waals surface area contributed by atoms with Crippen molar-refractivity contribution in [1.29, 1.82) is 0 Å². The molecule has 2 aromatic rings. The first kappa shape index (κ1) is 14.7. The Morgan fingerprint density at radius 2 is 1.62 bits per heavy atom. The van der Waals surface area contributed by atoms with Gasteiger partial charge in [-0.1, -0.05) is 35.5 Å². The zero-order chi connectivity index (χ0) is 14.9. The summed E-state index contributed by atoms with van der Waals surface area (Å²) < 4.78 is 11.2. The standard InChI is InChI=1S/C16H18N2O3/c17-16(18-19)14-9-4-5-10-15(14)21-12-6-11-20-13-7-2-1-3-8-13/h1-5,7-10,19H,6,11-12H2,(H2,17,18). The zero-order valence-corrected chi connectivity index (χ0v) is 11.6. The molecule has 0 unspecified atom stereocenters. The van der Waals surface area contributed by atoms with Crippen LogP contribution in [0.1, 0.15) is 12.0 Å². The van der Waals surface area contributed by atoms with Crippen LogP contribution < -0.4 is 15.2 Å². The molecule has 0 amide bonds. The number of hydrogen-bond acceptors (Lipinski definition) is 4. The van der Waals surface area contributed by atoms with Crippen LogP contribution in [0.15, 0.2) is 59.8 Å². The molecule has 0 aliphatic heterocycles. The minimum absolute atomic E-state index is 0.0335. The molecule has 5 nitrogen and oxygen atoms in total. The lowest BCUT2D eigenvalue weighted by molar-refractivity contribution is 0.247.